The van der Waals surface area contributed by atoms with Crippen molar-refractivity contribution in [1.29, 1.82) is 0 Å². The fraction of sp³-hybridized carbons (Fsp3) is 0.182. The average molecular weight is 204 g/mol. The lowest BCUT2D eigenvalue weighted by Crippen LogP contribution is -1.81. The van der Waals surface area contributed by atoms with Crippen LogP contribution in [0.2, 0.25) is 0 Å². The number of nitrogens with zero attached hydrogens (tertiary/aromatic N) is 1. The summed E-state index contributed by atoms with van der Waals surface area (Å²) in [6.45, 7) is 4.25. The standard InChI is InChI=1S/C11H12N2S/c1-8-3-4-10(7-9(8)2)14-11-5-6-12-13-11/h3-7H,1-2H3,(H,12,13). The third kappa shape index (κ3) is 1.99. The molecule has 1 heterocycles. The van der Waals surface area contributed by atoms with Crippen LogP contribution in [0.25, 0.3) is 0 Å². The second-order valence-electron chi connectivity index (χ2n) is 3.26. The summed E-state index contributed by atoms with van der Waals surface area (Å²) < 4.78 is 0. The number of nitrogens with one attached hydrogen (secondary N) is 1. The summed E-state index contributed by atoms with van der Waals surface area (Å²) in [5.41, 5.74) is 2.65. The highest BCUT2D eigenvalue weighted by molar-refractivity contribution is 7.99. The fourth-order valence-corrected chi connectivity index (χ4v) is 2.05. The van der Waals surface area contributed by atoms with Crippen LogP contribution in [-0.2, 0) is 0 Å². The Morgan fingerprint density at radius 1 is 1.14 bits per heavy atom. The zero-order valence-corrected chi connectivity index (χ0v) is 9.06. The molecule has 0 saturated carbocycles. The van der Waals surface area contributed by atoms with Crippen molar-refractivity contribution < 1.29 is 0 Å². The summed E-state index contributed by atoms with van der Waals surface area (Å²) in [5.74, 6) is 0. The summed E-state index contributed by atoms with van der Waals surface area (Å²) >= 11 is 1.67. The van der Waals surface area contributed by atoms with E-state index in [2.05, 4.69) is 42.2 Å². The molecular formula is C11H12N2S. The predicted molar refractivity (Wildman–Crippen MR) is 58.6 cm³/mol. The first kappa shape index (κ1) is 9.34. The molecule has 0 bridgehead atoms. The maximum Gasteiger partial charge on any atom is 0.123 e. The Hall–Kier alpha value is -1.22. The van der Waals surface area contributed by atoms with Gasteiger partial charge in [0.25, 0.3) is 0 Å². The van der Waals surface area contributed by atoms with Crippen LogP contribution in [0.5, 0.6) is 0 Å². The first-order valence-electron chi connectivity index (χ1n) is 4.50. The van der Waals surface area contributed by atoms with Gasteiger partial charge in [0.2, 0.25) is 0 Å². The van der Waals surface area contributed by atoms with E-state index < -0.39 is 0 Å². The Kier molecular flexibility index (Phi) is 2.59. The minimum Gasteiger partial charge on any atom is -0.285 e. The molecule has 1 aromatic heterocycles. The number of aryl methyl sites for hydroxylation is 2. The van der Waals surface area contributed by atoms with E-state index >= 15 is 0 Å². The van der Waals surface area contributed by atoms with Crippen molar-refractivity contribution in [1.82, 2.24) is 10.2 Å². The Bertz CT molecular complexity index is 421. The van der Waals surface area contributed by atoms with Gasteiger partial charge < -0.3 is 0 Å². The molecule has 2 nitrogen and oxygen atoms in total. The van der Waals surface area contributed by atoms with E-state index in [-0.39, 0.29) is 0 Å². The first-order valence-corrected chi connectivity index (χ1v) is 5.32. The van der Waals surface area contributed by atoms with Crippen molar-refractivity contribution in [2.75, 3.05) is 0 Å². The predicted octanol–water partition coefficient (Wildman–Crippen LogP) is 3.18. The Labute approximate surface area is 87.7 Å². The van der Waals surface area contributed by atoms with Gasteiger partial charge in [0, 0.05) is 11.1 Å². The highest BCUT2D eigenvalue weighted by Crippen LogP contribution is 2.26. The molecule has 2 rings (SSSR count). The van der Waals surface area contributed by atoms with E-state index in [9.17, 15) is 0 Å². The molecule has 0 aliphatic carbocycles. The van der Waals surface area contributed by atoms with Gasteiger partial charge in [-0.25, -0.2) is 0 Å². The van der Waals surface area contributed by atoms with E-state index in [0.717, 1.165) is 5.03 Å². The quantitative estimate of drug-likeness (QED) is 0.814. The van der Waals surface area contributed by atoms with E-state index in [0.29, 0.717) is 0 Å². The second-order valence-corrected chi connectivity index (χ2v) is 4.35. The minimum atomic E-state index is 1.01. The normalized spacial score (nSPS) is 10.4. The Balaban J connectivity index is 2.22. The Morgan fingerprint density at radius 3 is 2.64 bits per heavy atom. The number of aromatic amines is 1. The zero-order valence-electron chi connectivity index (χ0n) is 8.24. The van der Waals surface area contributed by atoms with Gasteiger partial charge in [0.1, 0.15) is 5.03 Å². The largest absolute Gasteiger partial charge is 0.285 e. The highest BCUT2D eigenvalue weighted by Gasteiger charge is 2.00. The third-order valence-corrected chi connectivity index (χ3v) is 3.10. The average Bonchev–Trinajstić information content (AvgIpc) is 2.64. The Morgan fingerprint density at radius 2 is 2.00 bits per heavy atom. The maximum absolute atomic E-state index is 4.10. The van der Waals surface area contributed by atoms with E-state index in [4.69, 9.17) is 0 Å². The number of aromatic nitrogens is 2. The summed E-state index contributed by atoms with van der Waals surface area (Å²) in [5, 5.41) is 7.91. The van der Waals surface area contributed by atoms with Crippen LogP contribution in [0.15, 0.2) is 40.4 Å². The summed E-state index contributed by atoms with van der Waals surface area (Å²) in [4.78, 5) is 1.24. The number of hydrogen-bond donors (Lipinski definition) is 1. The van der Waals surface area contributed by atoms with Gasteiger partial charge in [-0.15, -0.1) is 0 Å². The van der Waals surface area contributed by atoms with E-state index in [1.807, 2.05) is 12.3 Å². The molecule has 0 aliphatic heterocycles. The summed E-state index contributed by atoms with van der Waals surface area (Å²) in [6.07, 6.45) is 1.84. The zero-order chi connectivity index (χ0) is 9.97. The molecule has 0 saturated heterocycles. The van der Waals surface area contributed by atoms with Crippen LogP contribution in [0, 0.1) is 13.8 Å². The van der Waals surface area contributed by atoms with Gasteiger partial charge in [-0.3, -0.25) is 5.10 Å². The van der Waals surface area contributed by atoms with Gasteiger partial charge in [0.05, 0.1) is 0 Å². The lowest BCUT2D eigenvalue weighted by Gasteiger charge is -2.02. The van der Waals surface area contributed by atoms with Crippen molar-refractivity contribution in [3.8, 4) is 0 Å². The van der Waals surface area contributed by atoms with Crippen molar-refractivity contribution in [2.24, 2.45) is 0 Å². The van der Waals surface area contributed by atoms with Crippen molar-refractivity contribution >= 4 is 11.8 Å². The molecule has 72 valence electrons. The maximum atomic E-state index is 4.10. The van der Waals surface area contributed by atoms with Crippen molar-refractivity contribution in [3.05, 3.63) is 41.6 Å². The fourth-order valence-electron chi connectivity index (χ4n) is 1.20. The minimum absolute atomic E-state index is 1.01. The molecule has 0 fully saturated rings. The monoisotopic (exact) mass is 204 g/mol. The third-order valence-electron chi connectivity index (χ3n) is 2.18. The molecule has 2 aromatic rings. The number of H-pyrrole nitrogens is 1. The van der Waals surface area contributed by atoms with Crippen LogP contribution in [0.3, 0.4) is 0 Å². The molecule has 1 N–H and O–H groups in total. The number of hydrogen-bond acceptors (Lipinski definition) is 2. The van der Waals surface area contributed by atoms with Gasteiger partial charge in [-0.2, -0.15) is 5.10 Å². The van der Waals surface area contributed by atoms with E-state index in [1.54, 1.807) is 11.8 Å². The van der Waals surface area contributed by atoms with Gasteiger partial charge >= 0.3 is 0 Å². The van der Waals surface area contributed by atoms with Crippen LogP contribution >= 0.6 is 11.8 Å². The molecule has 0 aliphatic rings. The van der Waals surface area contributed by atoms with Crippen LogP contribution < -0.4 is 0 Å². The first-order chi connectivity index (χ1) is 6.75. The molecular weight excluding hydrogens is 192 g/mol. The van der Waals surface area contributed by atoms with Crippen LogP contribution in [0.1, 0.15) is 11.1 Å². The molecule has 0 unspecified atom stereocenters. The number of benzene rings is 1. The molecule has 0 amide bonds. The van der Waals surface area contributed by atoms with E-state index in [1.165, 1.54) is 16.0 Å². The van der Waals surface area contributed by atoms with Crippen LogP contribution in [-0.4, -0.2) is 10.2 Å². The van der Waals surface area contributed by atoms with Gasteiger partial charge in [-0.1, -0.05) is 17.8 Å². The highest BCUT2D eigenvalue weighted by atomic mass is 32.2. The van der Waals surface area contributed by atoms with Crippen molar-refractivity contribution in [3.63, 3.8) is 0 Å². The summed E-state index contributed by atoms with van der Waals surface area (Å²) in [7, 11) is 0. The van der Waals surface area contributed by atoms with Gasteiger partial charge in [0.15, 0.2) is 0 Å². The molecule has 1 aromatic carbocycles. The van der Waals surface area contributed by atoms with Crippen molar-refractivity contribution in [2.45, 2.75) is 23.8 Å². The molecule has 14 heavy (non-hydrogen) atoms. The molecule has 3 heteroatoms. The SMILES string of the molecule is Cc1ccc(Sc2cc[nH]n2)cc1C. The topological polar surface area (TPSA) is 28.7 Å². The number of rotatable bonds is 2. The smallest absolute Gasteiger partial charge is 0.123 e. The van der Waals surface area contributed by atoms with Crippen LogP contribution in [0.4, 0.5) is 0 Å². The molecule has 0 radical (unpaired) electrons. The molecule has 0 atom stereocenters. The second kappa shape index (κ2) is 3.88. The summed E-state index contributed by atoms with van der Waals surface area (Å²) in [6, 6.07) is 8.43. The lowest BCUT2D eigenvalue weighted by molar-refractivity contribution is 1.00. The lowest BCUT2D eigenvalue weighted by atomic mass is 10.1. The molecule has 0 spiro atoms. The van der Waals surface area contributed by atoms with Gasteiger partial charge in [-0.05, 0) is 43.2 Å².